The molecule has 92 valence electrons. The van der Waals surface area contributed by atoms with E-state index in [1.807, 2.05) is 35.9 Å². The maximum absolute atomic E-state index is 11.2. The van der Waals surface area contributed by atoms with Gasteiger partial charge in [-0.2, -0.15) is 0 Å². The molecule has 8 heteroatoms. The molecule has 0 aliphatic carbocycles. The average Bonchev–Trinajstić information content (AvgIpc) is 2.22. The van der Waals surface area contributed by atoms with Crippen molar-refractivity contribution in [1.29, 1.82) is 0 Å². The number of fused-ring (bicyclic) bond motifs is 1. The summed E-state index contributed by atoms with van der Waals surface area (Å²) in [6.07, 6.45) is 3.25. The van der Waals surface area contributed by atoms with E-state index >= 15 is 0 Å². The van der Waals surface area contributed by atoms with E-state index in [-0.39, 0.29) is 0 Å². The van der Waals surface area contributed by atoms with Crippen LogP contribution in [0, 0.1) is 15.2 Å². The van der Waals surface area contributed by atoms with Gasteiger partial charge in [0.1, 0.15) is 5.52 Å². The Morgan fingerprint density at radius 2 is 1.71 bits per heavy atom. The summed E-state index contributed by atoms with van der Waals surface area (Å²) in [6.45, 7) is 0. The Labute approximate surface area is 98.1 Å². The van der Waals surface area contributed by atoms with Crippen LogP contribution >= 0.6 is 0 Å². The van der Waals surface area contributed by atoms with Crippen LogP contribution in [0.25, 0.3) is 11.0 Å². The van der Waals surface area contributed by atoms with Crippen molar-refractivity contribution < 1.29 is 33.3 Å². The molecule has 0 radical (unpaired) electrons. The number of halogens is 1. The third kappa shape index (κ3) is 4.47. The maximum Gasteiger partial charge on any atom is 0.286 e. The molecule has 0 aliphatic rings. The van der Waals surface area contributed by atoms with E-state index in [2.05, 4.69) is 0 Å². The van der Waals surface area contributed by atoms with E-state index in [1.54, 1.807) is 6.20 Å². The van der Waals surface area contributed by atoms with Crippen LogP contribution in [0.1, 0.15) is 0 Å². The molecule has 0 bridgehead atoms. The normalized spacial score (nSPS) is 10.9. The molecule has 0 atom stereocenters. The minimum Gasteiger partial charge on any atom is -0.340 e. The molecule has 17 heavy (non-hydrogen) atoms. The first-order valence-electron chi connectivity index (χ1n) is 4.37. The fourth-order valence-corrected chi connectivity index (χ4v) is 1.27. The fourth-order valence-electron chi connectivity index (χ4n) is 1.27. The molecule has 0 saturated carbocycles. The lowest BCUT2D eigenvalue weighted by molar-refractivity contribution is -2.00. The van der Waals surface area contributed by atoms with Crippen molar-refractivity contribution in [3.05, 3.63) is 41.6 Å². The summed E-state index contributed by atoms with van der Waals surface area (Å²) in [6, 6.07) is 7.51. The predicted octanol–water partition coefficient (Wildman–Crippen LogP) is -3.66. The summed E-state index contributed by atoms with van der Waals surface area (Å²) < 4.78 is 36.8. The number of aromatic nitrogens is 2. The summed E-state index contributed by atoms with van der Waals surface area (Å²) >= 11 is 0. The first kappa shape index (κ1) is 13.6. The molecule has 7 nitrogen and oxygen atoms in total. The molecule has 0 amide bonds. The van der Waals surface area contributed by atoms with Crippen LogP contribution in [0.15, 0.2) is 36.7 Å². The Morgan fingerprint density at radius 3 is 2.24 bits per heavy atom. The molecule has 0 fully saturated rings. The van der Waals surface area contributed by atoms with E-state index in [9.17, 15) is 4.91 Å². The molecule has 1 aromatic carbocycles. The highest BCUT2D eigenvalue weighted by molar-refractivity contribution is 5.70. The zero-order chi connectivity index (χ0) is 13.1. The van der Waals surface area contributed by atoms with Crippen molar-refractivity contribution in [2.24, 2.45) is 7.05 Å². The summed E-state index contributed by atoms with van der Waals surface area (Å²) in [5.74, 6) is 0. The fraction of sp³-hybridized carbons (Fsp3) is 0.111. The van der Waals surface area contributed by atoms with E-state index < -0.39 is 10.2 Å². The zero-order valence-electron chi connectivity index (χ0n) is 8.78. The Morgan fingerprint density at radius 1 is 1.18 bits per heavy atom. The van der Waals surface area contributed by atoms with Crippen molar-refractivity contribution in [2.75, 3.05) is 0 Å². The number of hydrogen-bond acceptors (Lipinski definition) is 5. The minimum absolute atomic E-state index is 0.697. The van der Waals surface area contributed by atoms with Crippen LogP contribution in [0.2, 0.25) is 0 Å². The van der Waals surface area contributed by atoms with Gasteiger partial charge in [0, 0.05) is 18.0 Å². The number of rotatable bonds is 0. The molecular formula is C9H9ClN2O5. The van der Waals surface area contributed by atoms with E-state index in [0.29, 0.717) is 5.52 Å². The smallest absolute Gasteiger partial charge is 0.286 e. The lowest BCUT2D eigenvalue weighted by atomic mass is 10.3. The molecule has 0 N–H and O–H groups in total. The van der Waals surface area contributed by atoms with Crippen molar-refractivity contribution in [3.63, 3.8) is 0 Å². The highest BCUT2D eigenvalue weighted by atomic mass is 35.7. The Kier molecular flexibility index (Phi) is 4.16. The van der Waals surface area contributed by atoms with Crippen LogP contribution in [0.3, 0.4) is 0 Å². The van der Waals surface area contributed by atoms with Crippen molar-refractivity contribution in [1.82, 2.24) is 4.57 Å². The third-order valence-corrected chi connectivity index (χ3v) is 1.92. The van der Waals surface area contributed by atoms with Crippen LogP contribution in [-0.4, -0.2) is 4.57 Å². The summed E-state index contributed by atoms with van der Waals surface area (Å²) in [4.78, 5) is 11.2. The topological polar surface area (TPSA) is 120 Å². The van der Waals surface area contributed by atoms with Gasteiger partial charge in [-0.05, 0) is 6.07 Å². The molecule has 0 unspecified atom stereocenters. The lowest BCUT2D eigenvalue weighted by Gasteiger charge is -2.17. The van der Waals surface area contributed by atoms with Gasteiger partial charge < -0.3 is 4.57 Å². The molecule has 0 spiro atoms. The molecule has 0 aliphatic heterocycles. The van der Waals surface area contributed by atoms with Crippen LogP contribution in [0.4, 0.5) is 0 Å². The molecule has 1 aromatic heterocycles. The largest absolute Gasteiger partial charge is 0.340 e. The average molecular weight is 261 g/mol. The monoisotopic (exact) mass is 260 g/mol. The summed E-state index contributed by atoms with van der Waals surface area (Å²) in [7, 11) is -3.03. The van der Waals surface area contributed by atoms with Gasteiger partial charge in [-0.1, -0.05) is 12.1 Å². The van der Waals surface area contributed by atoms with Crippen LogP contribution in [0.5, 0.6) is 0 Å². The van der Waals surface area contributed by atoms with Gasteiger partial charge in [0.05, 0.1) is 10.6 Å². The number of nitrogens with zero attached hydrogens (tertiary/aromatic N) is 2. The first-order chi connectivity index (χ1) is 7.79. The van der Waals surface area contributed by atoms with Crippen molar-refractivity contribution in [2.45, 2.75) is 0 Å². The lowest BCUT2D eigenvalue weighted by Crippen LogP contribution is -2.68. The standard InChI is InChI=1S/C9H9N2O.ClHO4/c1-10-6-7-11(12)9-5-3-2-4-8(9)10;2-1(3,4)5/h2-7H,1H3;(H,2,3,4,5)/q+1;/p-1. The second kappa shape index (κ2) is 5.21. The summed E-state index contributed by atoms with van der Waals surface area (Å²) in [5.41, 5.74) is 1.64. The first-order valence-corrected chi connectivity index (χ1v) is 5.61. The predicted molar refractivity (Wildman–Crippen MR) is 46.3 cm³/mol. The van der Waals surface area contributed by atoms with E-state index in [0.717, 1.165) is 9.94 Å². The minimum atomic E-state index is -4.94. The summed E-state index contributed by atoms with van der Waals surface area (Å²) in [5, 5.41) is 0. The Bertz CT molecular complexity index is 557. The third-order valence-electron chi connectivity index (χ3n) is 1.92. The Balaban J connectivity index is 0.000000249. The van der Waals surface area contributed by atoms with Gasteiger partial charge >= 0.3 is 0 Å². The number of aryl methyl sites for hydroxylation is 1. The van der Waals surface area contributed by atoms with Crippen molar-refractivity contribution in [3.8, 4) is 0 Å². The molecule has 0 saturated heterocycles. The van der Waals surface area contributed by atoms with Gasteiger partial charge in [0.25, 0.3) is 5.52 Å². The van der Waals surface area contributed by atoms with Gasteiger partial charge in [0.15, 0.2) is 0 Å². The maximum atomic E-state index is 11.2. The molecule has 2 aromatic rings. The quantitative estimate of drug-likeness (QED) is 0.452. The van der Waals surface area contributed by atoms with E-state index in [1.165, 1.54) is 6.20 Å². The molecular weight excluding hydrogens is 252 g/mol. The molecule has 2 rings (SSSR count). The second-order valence-corrected chi connectivity index (χ2v) is 3.86. The number of hydrogen-bond donors (Lipinski definition) is 0. The highest BCUT2D eigenvalue weighted by Crippen LogP contribution is 2.05. The highest BCUT2D eigenvalue weighted by Gasteiger charge is 2.04. The van der Waals surface area contributed by atoms with E-state index in [4.69, 9.17) is 18.6 Å². The second-order valence-electron chi connectivity index (χ2n) is 3.10. The van der Waals surface area contributed by atoms with Crippen molar-refractivity contribution >= 4 is 11.0 Å². The van der Waals surface area contributed by atoms with Gasteiger partial charge in [0.2, 0.25) is 6.20 Å². The van der Waals surface area contributed by atoms with Gasteiger partial charge in [-0.15, -0.1) is 10.2 Å². The zero-order valence-corrected chi connectivity index (χ0v) is 9.53. The molecule has 1 heterocycles. The van der Waals surface area contributed by atoms with Gasteiger partial charge in [-0.3, -0.25) is 0 Å². The Hall–Kier alpha value is -1.51. The SMILES string of the molecule is Cn1cc[n+](=O)c2ccccc21.[O-][Cl+3]([O-])([O-])[O-]. The van der Waals surface area contributed by atoms with Crippen LogP contribution < -0.4 is 23.1 Å². The number of para-hydroxylation sites is 2. The number of benzene rings is 1. The van der Waals surface area contributed by atoms with Crippen LogP contribution in [-0.2, 0) is 7.05 Å². The van der Waals surface area contributed by atoms with Gasteiger partial charge in [-0.25, -0.2) is 18.6 Å².